The number of nitrogens with zero attached hydrogens (tertiary/aromatic N) is 1. The number of benzene rings is 2. The van der Waals surface area contributed by atoms with Gasteiger partial charge in [0, 0.05) is 30.4 Å². The number of methoxy groups -OCH3 is 1. The van der Waals surface area contributed by atoms with E-state index in [2.05, 4.69) is 20.1 Å². The normalized spacial score (nSPS) is 15.1. The fraction of sp³-hybridized carbons (Fsp3) is 0.517. The lowest BCUT2D eigenvalue weighted by Crippen LogP contribution is -2.57. The summed E-state index contributed by atoms with van der Waals surface area (Å²) in [6.45, 7) is -0.384. The summed E-state index contributed by atoms with van der Waals surface area (Å²) in [6, 6.07) is 8.26. The molecule has 0 spiro atoms. The van der Waals surface area contributed by atoms with Crippen LogP contribution in [0.1, 0.15) is 31.7 Å². The summed E-state index contributed by atoms with van der Waals surface area (Å²) in [7, 11) is -6.75. The zero-order valence-electron chi connectivity index (χ0n) is 25.6. The molecule has 1 aliphatic heterocycles. The van der Waals surface area contributed by atoms with Crippen LogP contribution < -0.4 is 24.8 Å². The molecular formula is C29H40F2N4O9S2. The summed E-state index contributed by atoms with van der Waals surface area (Å²) >= 11 is 0. The van der Waals surface area contributed by atoms with Crippen LogP contribution in [-0.4, -0.2) is 97.3 Å². The van der Waals surface area contributed by atoms with Crippen LogP contribution >= 0.6 is 0 Å². The Labute approximate surface area is 267 Å². The number of anilines is 1. The molecule has 0 bridgehead atoms. The monoisotopic (exact) mass is 690 g/mol. The maximum Gasteiger partial charge on any atom is 0.387 e. The number of para-hydroxylation sites is 1. The second kappa shape index (κ2) is 17.3. The lowest BCUT2D eigenvalue weighted by atomic mass is 10.1. The highest BCUT2D eigenvalue weighted by Gasteiger charge is 2.32. The molecule has 0 radical (unpaired) electrons. The molecule has 0 saturated carbocycles. The van der Waals surface area contributed by atoms with E-state index in [1.165, 1.54) is 48.4 Å². The number of sulfone groups is 1. The molecule has 13 nitrogen and oxygen atoms in total. The maximum absolute atomic E-state index is 13.6. The van der Waals surface area contributed by atoms with Crippen LogP contribution in [0, 0.1) is 0 Å². The number of rotatable bonds is 17. The minimum Gasteiger partial charge on any atom is -0.497 e. The molecule has 46 heavy (non-hydrogen) atoms. The lowest BCUT2D eigenvalue weighted by molar-refractivity contribution is -0.123. The van der Waals surface area contributed by atoms with Gasteiger partial charge in [-0.05, 0) is 36.8 Å². The minimum atomic E-state index is -4.23. The molecule has 0 unspecified atom stereocenters. The fourth-order valence-corrected chi connectivity index (χ4v) is 7.60. The number of halogens is 2. The quantitative estimate of drug-likeness (QED) is 0.226. The Kier molecular flexibility index (Phi) is 13.8. The molecule has 1 heterocycles. The van der Waals surface area contributed by atoms with Crippen LogP contribution in [0.3, 0.4) is 0 Å². The molecular weight excluding hydrogens is 650 g/mol. The Morgan fingerprint density at radius 3 is 2.28 bits per heavy atom. The first-order valence-electron chi connectivity index (χ1n) is 14.6. The van der Waals surface area contributed by atoms with Crippen LogP contribution in [0.25, 0.3) is 0 Å². The summed E-state index contributed by atoms with van der Waals surface area (Å²) < 4.78 is 95.8. The van der Waals surface area contributed by atoms with Crippen molar-refractivity contribution in [3.63, 3.8) is 0 Å². The average molecular weight is 691 g/mol. The molecule has 3 N–H and O–H groups in total. The highest BCUT2D eigenvalue weighted by molar-refractivity contribution is 7.92. The van der Waals surface area contributed by atoms with Gasteiger partial charge in [0.25, 0.3) is 0 Å². The van der Waals surface area contributed by atoms with Gasteiger partial charge in [-0.2, -0.15) is 8.78 Å². The van der Waals surface area contributed by atoms with Gasteiger partial charge in [-0.3, -0.25) is 9.52 Å². The molecule has 2 aromatic rings. The van der Waals surface area contributed by atoms with Crippen molar-refractivity contribution in [2.45, 2.75) is 50.6 Å². The van der Waals surface area contributed by atoms with Gasteiger partial charge in [0.15, 0.2) is 9.84 Å². The number of amides is 3. The lowest BCUT2D eigenvalue weighted by Gasteiger charge is -2.29. The summed E-state index contributed by atoms with van der Waals surface area (Å²) in [4.78, 5) is 28.0. The highest BCUT2D eigenvalue weighted by atomic mass is 32.2. The molecule has 2 atom stereocenters. The van der Waals surface area contributed by atoms with Gasteiger partial charge in [0.05, 0.1) is 37.6 Å². The smallest absolute Gasteiger partial charge is 0.387 e. The molecule has 0 aromatic heterocycles. The first kappa shape index (κ1) is 36.8. The third kappa shape index (κ3) is 12.2. The van der Waals surface area contributed by atoms with E-state index in [1.54, 1.807) is 12.1 Å². The van der Waals surface area contributed by atoms with E-state index in [0.29, 0.717) is 18.6 Å². The largest absolute Gasteiger partial charge is 0.497 e. The molecule has 3 amide bonds. The van der Waals surface area contributed by atoms with Crippen molar-refractivity contribution in [2.75, 3.05) is 49.6 Å². The fourth-order valence-electron chi connectivity index (χ4n) is 4.67. The first-order chi connectivity index (χ1) is 21.8. The van der Waals surface area contributed by atoms with E-state index in [4.69, 9.17) is 9.47 Å². The van der Waals surface area contributed by atoms with Gasteiger partial charge in [-0.25, -0.2) is 21.6 Å². The van der Waals surface area contributed by atoms with Crippen molar-refractivity contribution in [1.29, 1.82) is 0 Å². The Morgan fingerprint density at radius 1 is 0.978 bits per heavy atom. The number of hydrogen-bond donors (Lipinski definition) is 3. The number of urea groups is 1. The predicted octanol–water partition coefficient (Wildman–Crippen LogP) is 2.74. The van der Waals surface area contributed by atoms with Crippen LogP contribution in [0.4, 0.5) is 19.3 Å². The van der Waals surface area contributed by atoms with E-state index in [9.17, 15) is 35.2 Å². The third-order valence-electron chi connectivity index (χ3n) is 6.93. The zero-order chi connectivity index (χ0) is 33.7. The first-order valence-corrected chi connectivity index (χ1v) is 18.1. The Bertz CT molecular complexity index is 1500. The molecule has 1 fully saturated rings. The van der Waals surface area contributed by atoms with Gasteiger partial charge in [-0.1, -0.05) is 38.0 Å². The molecule has 256 valence electrons. The molecule has 1 aliphatic rings. The second-order valence-corrected chi connectivity index (χ2v) is 14.5. The van der Waals surface area contributed by atoms with Crippen LogP contribution in [0.15, 0.2) is 48.5 Å². The number of carbonyl (C=O) groups excluding carboxylic acids is 2. The molecule has 3 rings (SSSR count). The summed E-state index contributed by atoms with van der Waals surface area (Å²) in [6.07, 6.45) is 1.48. The molecule has 2 aromatic carbocycles. The SMILES string of the molecule is CCCC[C@@H](CS(=O)(=O)Nc1ccc(OC)cc1)NC(=O)[C@H](CS(=O)(=O)Cc1ccccc1OC(F)F)NC(=O)N1CCOCC1. The minimum absolute atomic E-state index is 0.0574. The van der Waals surface area contributed by atoms with E-state index in [1.807, 2.05) is 6.92 Å². The van der Waals surface area contributed by atoms with Crippen LogP contribution in [0.5, 0.6) is 11.5 Å². The standard InChI is InChI=1S/C29H40F2N4O9S2/c1-3-4-8-23(19-46(40,41)34-22-10-12-24(42-2)13-11-22)32-27(36)25(33-29(37)35-14-16-43-17-15-35)20-45(38,39)18-21-7-5-6-9-26(21)44-28(30)31/h5-7,9-13,23,25,28,34H,3-4,8,14-20H2,1-2H3,(H,32,36)(H,33,37)/t23-,25-/m0/s1. The van der Waals surface area contributed by atoms with Gasteiger partial charge >= 0.3 is 12.6 Å². The van der Waals surface area contributed by atoms with E-state index in [0.717, 1.165) is 0 Å². The summed E-state index contributed by atoms with van der Waals surface area (Å²) in [5.41, 5.74) is 0.220. The van der Waals surface area contributed by atoms with Crippen molar-refractivity contribution >= 4 is 37.5 Å². The van der Waals surface area contributed by atoms with Crippen molar-refractivity contribution in [2.24, 2.45) is 0 Å². The predicted molar refractivity (Wildman–Crippen MR) is 167 cm³/mol. The number of hydrogen-bond acceptors (Lipinski definition) is 9. The number of nitrogens with one attached hydrogen (secondary N) is 3. The molecule has 1 saturated heterocycles. The van der Waals surface area contributed by atoms with E-state index < -0.39 is 67.8 Å². The maximum atomic E-state index is 13.6. The van der Waals surface area contributed by atoms with Crippen molar-refractivity contribution < 1.29 is 49.4 Å². The van der Waals surface area contributed by atoms with Crippen molar-refractivity contribution in [3.05, 3.63) is 54.1 Å². The zero-order valence-corrected chi connectivity index (χ0v) is 27.2. The number of carbonyl (C=O) groups is 2. The Balaban J connectivity index is 1.81. The van der Waals surface area contributed by atoms with Crippen molar-refractivity contribution in [1.82, 2.24) is 15.5 Å². The second-order valence-electron chi connectivity index (χ2n) is 10.6. The van der Waals surface area contributed by atoms with Crippen molar-refractivity contribution in [3.8, 4) is 11.5 Å². The van der Waals surface area contributed by atoms with Gasteiger partial charge in [0.1, 0.15) is 17.5 Å². The Morgan fingerprint density at radius 2 is 1.65 bits per heavy atom. The number of ether oxygens (including phenoxy) is 3. The molecule has 0 aliphatic carbocycles. The van der Waals surface area contributed by atoms with Gasteiger partial charge in [0.2, 0.25) is 15.9 Å². The number of sulfonamides is 1. The van der Waals surface area contributed by atoms with Gasteiger partial charge in [-0.15, -0.1) is 0 Å². The van der Waals surface area contributed by atoms with E-state index in [-0.39, 0.29) is 49.7 Å². The topological polar surface area (TPSA) is 169 Å². The third-order valence-corrected chi connectivity index (χ3v) is 9.91. The van der Waals surface area contributed by atoms with Crippen LogP contribution in [0.2, 0.25) is 0 Å². The summed E-state index contributed by atoms with van der Waals surface area (Å²) in [5, 5.41) is 5.08. The summed E-state index contributed by atoms with van der Waals surface area (Å²) in [5.74, 6) is -2.90. The number of morpholine rings is 1. The average Bonchev–Trinajstić information content (AvgIpc) is 3.00. The number of alkyl halides is 2. The van der Waals surface area contributed by atoms with E-state index >= 15 is 0 Å². The highest BCUT2D eigenvalue weighted by Crippen LogP contribution is 2.23. The van der Waals surface area contributed by atoms with Crippen LogP contribution in [-0.2, 0) is 35.1 Å². The molecule has 17 heteroatoms. The number of unbranched alkanes of at least 4 members (excludes halogenated alkanes) is 1. The van der Waals surface area contributed by atoms with Gasteiger partial charge < -0.3 is 29.7 Å². The Hall–Kier alpha value is -3.70.